The summed E-state index contributed by atoms with van der Waals surface area (Å²) in [6.07, 6.45) is 5.37. The number of likely N-dealkylation sites (N-methyl/N-ethyl adjacent to an activating group) is 1. The van der Waals surface area contributed by atoms with Crippen LogP contribution in [0.25, 0.3) is 0 Å². The fourth-order valence-corrected chi connectivity index (χ4v) is 3.67. The average Bonchev–Trinajstić information content (AvgIpc) is 2.25. The van der Waals surface area contributed by atoms with Crippen molar-refractivity contribution in [1.29, 1.82) is 0 Å². The molecule has 2 unspecified atom stereocenters. The first-order chi connectivity index (χ1) is 8.46. The zero-order valence-electron chi connectivity index (χ0n) is 13.3. The molecule has 2 atom stereocenters. The zero-order chi connectivity index (χ0) is 13.6. The molecule has 1 rings (SSSR count). The Hall–Kier alpha value is -0.0800. The van der Waals surface area contributed by atoms with Crippen molar-refractivity contribution in [3.05, 3.63) is 0 Å². The molecule has 2 heteroatoms. The van der Waals surface area contributed by atoms with Crippen LogP contribution in [0, 0.1) is 11.3 Å². The van der Waals surface area contributed by atoms with Crippen LogP contribution in [-0.4, -0.2) is 37.1 Å². The lowest BCUT2D eigenvalue weighted by Gasteiger charge is -2.39. The van der Waals surface area contributed by atoms with Crippen molar-refractivity contribution in [1.82, 2.24) is 10.2 Å². The van der Waals surface area contributed by atoms with E-state index in [1.54, 1.807) is 0 Å². The first-order valence-electron chi connectivity index (χ1n) is 7.92. The van der Waals surface area contributed by atoms with Gasteiger partial charge in [-0.3, -0.25) is 0 Å². The first kappa shape index (κ1) is 16.0. The van der Waals surface area contributed by atoms with Gasteiger partial charge in [-0.2, -0.15) is 0 Å². The molecule has 2 nitrogen and oxygen atoms in total. The maximum Gasteiger partial charge on any atom is 0.0107 e. The van der Waals surface area contributed by atoms with Crippen molar-refractivity contribution >= 4 is 0 Å². The van der Waals surface area contributed by atoms with Crippen molar-refractivity contribution < 1.29 is 0 Å². The number of nitrogens with one attached hydrogen (secondary N) is 1. The van der Waals surface area contributed by atoms with Gasteiger partial charge in [0.1, 0.15) is 0 Å². The predicted octanol–water partition coefficient (Wildman–Crippen LogP) is 3.52. The van der Waals surface area contributed by atoms with E-state index in [1.807, 2.05) is 0 Å². The largest absolute Gasteiger partial charge is 0.313 e. The van der Waals surface area contributed by atoms with E-state index in [0.717, 1.165) is 18.5 Å². The molecule has 1 saturated carbocycles. The molecule has 0 aliphatic heterocycles. The van der Waals surface area contributed by atoms with E-state index in [-0.39, 0.29) is 0 Å². The SMILES string of the molecule is CCCN(CC)CCNC1CC(C)CC(C)(C)C1. The average molecular weight is 254 g/mol. The van der Waals surface area contributed by atoms with Gasteiger partial charge in [0.15, 0.2) is 0 Å². The summed E-state index contributed by atoms with van der Waals surface area (Å²) in [4.78, 5) is 2.55. The van der Waals surface area contributed by atoms with Crippen LogP contribution in [0.3, 0.4) is 0 Å². The summed E-state index contributed by atoms with van der Waals surface area (Å²) in [6, 6.07) is 0.740. The Kier molecular flexibility index (Phi) is 6.65. The van der Waals surface area contributed by atoms with Crippen LogP contribution < -0.4 is 5.32 Å². The third kappa shape index (κ3) is 5.71. The summed E-state index contributed by atoms with van der Waals surface area (Å²) >= 11 is 0. The van der Waals surface area contributed by atoms with Crippen LogP contribution in [-0.2, 0) is 0 Å². The van der Waals surface area contributed by atoms with Crippen molar-refractivity contribution in [3.8, 4) is 0 Å². The summed E-state index contributed by atoms with van der Waals surface area (Å²) < 4.78 is 0. The lowest BCUT2D eigenvalue weighted by atomic mass is 9.70. The number of nitrogens with zero attached hydrogens (tertiary/aromatic N) is 1. The zero-order valence-corrected chi connectivity index (χ0v) is 13.3. The second-order valence-corrected chi connectivity index (χ2v) is 7.00. The van der Waals surface area contributed by atoms with Gasteiger partial charge in [-0.15, -0.1) is 0 Å². The van der Waals surface area contributed by atoms with Crippen molar-refractivity contribution in [2.24, 2.45) is 11.3 Å². The van der Waals surface area contributed by atoms with E-state index in [9.17, 15) is 0 Å². The summed E-state index contributed by atoms with van der Waals surface area (Å²) in [5, 5.41) is 3.79. The third-order valence-electron chi connectivity index (χ3n) is 4.24. The topological polar surface area (TPSA) is 15.3 Å². The highest BCUT2D eigenvalue weighted by molar-refractivity contribution is 4.86. The molecular formula is C16H34N2. The highest BCUT2D eigenvalue weighted by Gasteiger charge is 2.31. The Labute approximate surface area is 115 Å². The van der Waals surface area contributed by atoms with Crippen molar-refractivity contribution in [2.75, 3.05) is 26.2 Å². The minimum atomic E-state index is 0.531. The molecule has 0 aromatic rings. The van der Waals surface area contributed by atoms with Gasteiger partial charge in [0.25, 0.3) is 0 Å². The lowest BCUT2D eigenvalue weighted by Crippen LogP contribution is -2.43. The molecule has 0 radical (unpaired) electrons. The summed E-state index contributed by atoms with van der Waals surface area (Å²) in [6.45, 7) is 16.6. The molecule has 1 fully saturated rings. The molecule has 0 amide bonds. The van der Waals surface area contributed by atoms with Crippen LogP contribution in [0.4, 0.5) is 0 Å². The van der Waals surface area contributed by atoms with Crippen LogP contribution in [0.2, 0.25) is 0 Å². The number of rotatable bonds is 7. The van der Waals surface area contributed by atoms with E-state index < -0.39 is 0 Å². The van der Waals surface area contributed by atoms with Crippen molar-refractivity contribution in [2.45, 2.75) is 66.3 Å². The monoisotopic (exact) mass is 254 g/mol. The van der Waals surface area contributed by atoms with Gasteiger partial charge in [-0.05, 0) is 50.1 Å². The quantitative estimate of drug-likeness (QED) is 0.748. The molecule has 0 bridgehead atoms. The highest BCUT2D eigenvalue weighted by atomic mass is 15.1. The smallest absolute Gasteiger partial charge is 0.0107 e. The Morgan fingerprint density at radius 3 is 2.44 bits per heavy atom. The molecule has 0 aromatic heterocycles. The van der Waals surface area contributed by atoms with E-state index in [1.165, 1.54) is 45.3 Å². The Morgan fingerprint density at radius 1 is 1.17 bits per heavy atom. The summed E-state index contributed by atoms with van der Waals surface area (Å²) in [7, 11) is 0. The van der Waals surface area contributed by atoms with Gasteiger partial charge in [-0.1, -0.05) is 34.6 Å². The fraction of sp³-hybridized carbons (Fsp3) is 1.00. The molecule has 0 saturated heterocycles. The maximum absolute atomic E-state index is 3.79. The lowest BCUT2D eigenvalue weighted by molar-refractivity contribution is 0.148. The molecule has 0 aromatic carbocycles. The molecule has 0 spiro atoms. The van der Waals surface area contributed by atoms with Crippen molar-refractivity contribution in [3.63, 3.8) is 0 Å². The Morgan fingerprint density at radius 2 is 1.89 bits per heavy atom. The van der Waals surface area contributed by atoms with Gasteiger partial charge in [0.2, 0.25) is 0 Å². The van der Waals surface area contributed by atoms with Gasteiger partial charge in [0, 0.05) is 19.1 Å². The molecule has 18 heavy (non-hydrogen) atoms. The van der Waals surface area contributed by atoms with E-state index >= 15 is 0 Å². The van der Waals surface area contributed by atoms with E-state index in [2.05, 4.69) is 44.8 Å². The maximum atomic E-state index is 3.79. The molecule has 1 N–H and O–H groups in total. The second kappa shape index (κ2) is 7.49. The van der Waals surface area contributed by atoms with Crippen LogP contribution >= 0.6 is 0 Å². The summed E-state index contributed by atoms with van der Waals surface area (Å²) in [5.41, 5.74) is 0.531. The normalized spacial score (nSPS) is 27.7. The van der Waals surface area contributed by atoms with Gasteiger partial charge >= 0.3 is 0 Å². The van der Waals surface area contributed by atoms with Crippen LogP contribution in [0.1, 0.15) is 60.3 Å². The molecule has 1 aliphatic carbocycles. The first-order valence-corrected chi connectivity index (χ1v) is 7.92. The highest BCUT2D eigenvalue weighted by Crippen LogP contribution is 2.38. The Bertz CT molecular complexity index is 225. The van der Waals surface area contributed by atoms with E-state index in [0.29, 0.717) is 5.41 Å². The second-order valence-electron chi connectivity index (χ2n) is 7.00. The molecule has 108 valence electrons. The fourth-order valence-electron chi connectivity index (χ4n) is 3.67. The molecular weight excluding hydrogens is 220 g/mol. The van der Waals surface area contributed by atoms with E-state index in [4.69, 9.17) is 0 Å². The standard InChI is InChI=1S/C16H34N2/c1-6-9-18(7-2)10-8-17-15-11-14(3)12-16(4,5)13-15/h14-15,17H,6-13H2,1-5H3. The predicted molar refractivity (Wildman–Crippen MR) is 81.0 cm³/mol. The van der Waals surface area contributed by atoms with Gasteiger partial charge in [-0.25, -0.2) is 0 Å². The third-order valence-corrected chi connectivity index (χ3v) is 4.24. The minimum Gasteiger partial charge on any atom is -0.313 e. The summed E-state index contributed by atoms with van der Waals surface area (Å²) in [5.74, 6) is 0.879. The Balaban J connectivity index is 2.26. The van der Waals surface area contributed by atoms with Gasteiger partial charge < -0.3 is 10.2 Å². The number of hydrogen-bond acceptors (Lipinski definition) is 2. The number of hydrogen-bond donors (Lipinski definition) is 1. The van der Waals surface area contributed by atoms with Gasteiger partial charge in [0.05, 0.1) is 0 Å². The molecule has 1 aliphatic rings. The van der Waals surface area contributed by atoms with Crippen LogP contribution in [0.15, 0.2) is 0 Å². The molecule has 0 heterocycles. The van der Waals surface area contributed by atoms with Crippen LogP contribution in [0.5, 0.6) is 0 Å². The minimum absolute atomic E-state index is 0.531.